The van der Waals surface area contributed by atoms with Crippen molar-refractivity contribution in [1.82, 2.24) is 0 Å². The lowest BCUT2D eigenvalue weighted by Crippen LogP contribution is -2.19. The molecule has 144 valence electrons. The van der Waals surface area contributed by atoms with E-state index in [2.05, 4.69) is 23.3 Å². The van der Waals surface area contributed by atoms with Gasteiger partial charge in [-0.15, -0.1) is 0 Å². The highest BCUT2D eigenvalue weighted by molar-refractivity contribution is 5.99. The molecule has 0 unspecified atom stereocenters. The molecule has 0 aliphatic rings. The summed E-state index contributed by atoms with van der Waals surface area (Å²) in [6.45, 7) is 4.20. The average molecular weight is 356 g/mol. The molecule has 0 spiro atoms. The zero-order valence-corrected chi connectivity index (χ0v) is 15.6. The van der Waals surface area contributed by atoms with Crippen LogP contribution in [0.15, 0.2) is 0 Å². The van der Waals surface area contributed by atoms with Crippen LogP contribution in [0.2, 0.25) is 0 Å². The second-order valence-electron chi connectivity index (χ2n) is 6.20. The number of esters is 4. The van der Waals surface area contributed by atoms with Gasteiger partial charge in [0, 0.05) is 12.8 Å². The van der Waals surface area contributed by atoms with Crippen molar-refractivity contribution >= 4 is 23.9 Å². The standard InChI is InChI=1S/C19H32O6/c1-3-5-7-9-11-13-16(20)24-18(22)15-19(23)25-17(21)14-12-10-8-6-4-2/h3-15H2,1-2H3. The molecule has 6 heteroatoms. The van der Waals surface area contributed by atoms with E-state index in [0.717, 1.165) is 51.4 Å². The van der Waals surface area contributed by atoms with Gasteiger partial charge in [0.15, 0.2) is 0 Å². The quantitative estimate of drug-likeness (QED) is 0.263. The highest BCUT2D eigenvalue weighted by atomic mass is 16.6. The van der Waals surface area contributed by atoms with E-state index >= 15 is 0 Å². The molecule has 0 rings (SSSR count). The number of hydrogen-bond acceptors (Lipinski definition) is 6. The summed E-state index contributed by atoms with van der Waals surface area (Å²) in [5, 5.41) is 0. The lowest BCUT2D eigenvalue weighted by Gasteiger charge is -2.04. The normalized spacial score (nSPS) is 10.3. The van der Waals surface area contributed by atoms with Gasteiger partial charge in [-0.05, 0) is 12.8 Å². The Morgan fingerprint density at radius 3 is 1.24 bits per heavy atom. The Hall–Kier alpha value is -1.72. The number of hydrogen-bond donors (Lipinski definition) is 0. The van der Waals surface area contributed by atoms with Crippen molar-refractivity contribution in [1.29, 1.82) is 0 Å². The first-order chi connectivity index (χ1) is 12.0. The molecule has 0 saturated heterocycles. The highest BCUT2D eigenvalue weighted by Gasteiger charge is 2.18. The zero-order valence-electron chi connectivity index (χ0n) is 15.6. The largest absolute Gasteiger partial charge is 0.393 e. The Morgan fingerprint density at radius 2 is 0.880 bits per heavy atom. The van der Waals surface area contributed by atoms with Crippen LogP contribution in [-0.2, 0) is 28.7 Å². The summed E-state index contributed by atoms with van der Waals surface area (Å²) in [7, 11) is 0. The van der Waals surface area contributed by atoms with Crippen molar-refractivity contribution in [2.24, 2.45) is 0 Å². The predicted octanol–water partition coefficient (Wildman–Crippen LogP) is 4.24. The molecule has 0 aliphatic carbocycles. The minimum absolute atomic E-state index is 0.154. The molecular weight excluding hydrogens is 324 g/mol. The molecule has 25 heavy (non-hydrogen) atoms. The zero-order chi connectivity index (χ0) is 18.9. The summed E-state index contributed by atoms with van der Waals surface area (Å²) in [4.78, 5) is 45.8. The summed E-state index contributed by atoms with van der Waals surface area (Å²) in [5.41, 5.74) is 0. The lowest BCUT2D eigenvalue weighted by atomic mass is 10.1. The van der Waals surface area contributed by atoms with Crippen LogP contribution in [0.25, 0.3) is 0 Å². The van der Waals surface area contributed by atoms with Crippen LogP contribution in [0.1, 0.15) is 97.3 Å². The average Bonchev–Trinajstić information content (AvgIpc) is 2.54. The number of ether oxygens (including phenoxy) is 2. The molecule has 0 atom stereocenters. The van der Waals surface area contributed by atoms with Crippen molar-refractivity contribution in [3.63, 3.8) is 0 Å². The summed E-state index contributed by atoms with van der Waals surface area (Å²) in [6, 6.07) is 0. The maximum absolute atomic E-state index is 11.5. The van der Waals surface area contributed by atoms with Gasteiger partial charge in [-0.3, -0.25) is 19.2 Å². The van der Waals surface area contributed by atoms with E-state index in [-0.39, 0.29) is 12.8 Å². The second-order valence-corrected chi connectivity index (χ2v) is 6.20. The van der Waals surface area contributed by atoms with Gasteiger partial charge < -0.3 is 9.47 Å². The SMILES string of the molecule is CCCCCCCC(=O)OC(=O)CC(=O)OC(=O)CCCCCCC. The van der Waals surface area contributed by atoms with Crippen LogP contribution in [0.4, 0.5) is 0 Å². The lowest BCUT2D eigenvalue weighted by molar-refractivity contribution is -0.165. The van der Waals surface area contributed by atoms with Crippen molar-refractivity contribution in [2.75, 3.05) is 0 Å². The van der Waals surface area contributed by atoms with E-state index in [0.29, 0.717) is 12.8 Å². The summed E-state index contributed by atoms with van der Waals surface area (Å²) >= 11 is 0. The molecule has 0 saturated carbocycles. The minimum Gasteiger partial charge on any atom is -0.393 e. The number of carbonyl (C=O) groups is 4. The van der Waals surface area contributed by atoms with Crippen LogP contribution < -0.4 is 0 Å². The molecule has 0 bridgehead atoms. The van der Waals surface area contributed by atoms with Crippen LogP contribution in [0, 0.1) is 0 Å². The van der Waals surface area contributed by atoms with E-state index in [1.807, 2.05) is 0 Å². The monoisotopic (exact) mass is 356 g/mol. The van der Waals surface area contributed by atoms with Crippen molar-refractivity contribution in [3.8, 4) is 0 Å². The van der Waals surface area contributed by atoms with Crippen LogP contribution in [-0.4, -0.2) is 23.9 Å². The molecule has 0 amide bonds. The van der Waals surface area contributed by atoms with Crippen LogP contribution in [0.3, 0.4) is 0 Å². The molecule has 0 heterocycles. The first-order valence-corrected chi connectivity index (χ1v) is 9.46. The molecule has 0 aromatic rings. The summed E-state index contributed by atoms with van der Waals surface area (Å²) in [6.07, 6.45) is 9.28. The Kier molecular flexibility index (Phi) is 14.7. The molecule has 0 aromatic carbocycles. The topological polar surface area (TPSA) is 86.7 Å². The smallest absolute Gasteiger partial charge is 0.324 e. The maximum Gasteiger partial charge on any atom is 0.324 e. The number of unbranched alkanes of at least 4 members (excludes halogenated alkanes) is 8. The Balaban J connectivity index is 3.77. The third-order valence-corrected chi connectivity index (χ3v) is 3.71. The molecule has 0 N–H and O–H groups in total. The fourth-order valence-electron chi connectivity index (χ4n) is 2.29. The summed E-state index contributed by atoms with van der Waals surface area (Å²) in [5.74, 6) is -3.23. The number of rotatable bonds is 14. The molecular formula is C19H32O6. The highest BCUT2D eigenvalue weighted by Crippen LogP contribution is 2.07. The van der Waals surface area contributed by atoms with Gasteiger partial charge in [-0.25, -0.2) is 0 Å². The minimum atomic E-state index is -0.973. The van der Waals surface area contributed by atoms with Crippen molar-refractivity contribution < 1.29 is 28.7 Å². The molecule has 0 fully saturated rings. The first-order valence-electron chi connectivity index (χ1n) is 9.46. The van der Waals surface area contributed by atoms with E-state index in [1.54, 1.807) is 0 Å². The van der Waals surface area contributed by atoms with Gasteiger partial charge in [0.25, 0.3) is 0 Å². The molecule has 0 aromatic heterocycles. The van der Waals surface area contributed by atoms with E-state index in [1.165, 1.54) is 0 Å². The molecule has 0 aliphatic heterocycles. The van der Waals surface area contributed by atoms with Crippen molar-refractivity contribution in [2.45, 2.75) is 97.3 Å². The van der Waals surface area contributed by atoms with Gasteiger partial charge in [0.05, 0.1) is 0 Å². The van der Waals surface area contributed by atoms with E-state index in [4.69, 9.17) is 0 Å². The second kappa shape index (κ2) is 15.8. The fraction of sp³-hybridized carbons (Fsp3) is 0.789. The van der Waals surface area contributed by atoms with E-state index < -0.39 is 30.3 Å². The Labute approximate surface area is 150 Å². The van der Waals surface area contributed by atoms with Crippen LogP contribution in [0.5, 0.6) is 0 Å². The number of carbonyl (C=O) groups excluding carboxylic acids is 4. The van der Waals surface area contributed by atoms with Gasteiger partial charge in [0.1, 0.15) is 6.42 Å². The Bertz CT molecular complexity index is 378. The Morgan fingerprint density at radius 1 is 0.520 bits per heavy atom. The van der Waals surface area contributed by atoms with Gasteiger partial charge in [-0.1, -0.05) is 65.2 Å². The first kappa shape index (κ1) is 23.3. The summed E-state index contributed by atoms with van der Waals surface area (Å²) < 4.78 is 9.09. The molecule has 6 nitrogen and oxygen atoms in total. The van der Waals surface area contributed by atoms with Crippen LogP contribution >= 0.6 is 0 Å². The fourth-order valence-corrected chi connectivity index (χ4v) is 2.29. The van der Waals surface area contributed by atoms with Gasteiger partial charge in [0.2, 0.25) is 0 Å². The third kappa shape index (κ3) is 15.5. The molecule has 0 radical (unpaired) electrons. The maximum atomic E-state index is 11.5. The van der Waals surface area contributed by atoms with E-state index in [9.17, 15) is 19.2 Å². The van der Waals surface area contributed by atoms with Crippen molar-refractivity contribution in [3.05, 3.63) is 0 Å². The predicted molar refractivity (Wildman–Crippen MR) is 93.6 cm³/mol. The van der Waals surface area contributed by atoms with Gasteiger partial charge >= 0.3 is 23.9 Å². The van der Waals surface area contributed by atoms with Gasteiger partial charge in [-0.2, -0.15) is 0 Å². The third-order valence-electron chi connectivity index (χ3n) is 3.71.